The molecule has 2 aromatic rings. The van der Waals surface area contributed by atoms with Crippen LogP contribution in [0.15, 0.2) is 54.6 Å². The van der Waals surface area contributed by atoms with Crippen LogP contribution in [0.4, 0.5) is 0 Å². The Kier molecular flexibility index (Phi) is 5.71. The Hall–Kier alpha value is -2.62. The second kappa shape index (κ2) is 8.17. The Morgan fingerprint density at radius 2 is 1.46 bits per heavy atom. The average Bonchev–Trinajstić information content (AvgIpc) is 3.21. The van der Waals surface area contributed by atoms with Crippen LogP contribution in [-0.2, 0) is 4.79 Å². The van der Waals surface area contributed by atoms with Crippen molar-refractivity contribution in [3.05, 3.63) is 60.2 Å². The van der Waals surface area contributed by atoms with Crippen LogP contribution >= 0.6 is 0 Å². The highest BCUT2D eigenvalue weighted by Gasteiger charge is 2.30. The molecule has 0 aromatic heterocycles. The Balaban J connectivity index is 1.70. The molecule has 26 heavy (non-hydrogen) atoms. The van der Waals surface area contributed by atoms with E-state index in [1.807, 2.05) is 73.3 Å². The van der Waals surface area contributed by atoms with Gasteiger partial charge in [-0.25, -0.2) is 0 Å². The lowest BCUT2D eigenvalue weighted by Gasteiger charge is -2.26. The van der Waals surface area contributed by atoms with Gasteiger partial charge in [0.15, 0.2) is 0 Å². The maximum absolute atomic E-state index is 12.7. The summed E-state index contributed by atoms with van der Waals surface area (Å²) in [6.45, 7) is 5.53. The highest BCUT2D eigenvalue weighted by Crippen LogP contribution is 2.19. The van der Waals surface area contributed by atoms with Crippen LogP contribution < -0.4 is 5.32 Å². The second-order valence-electron chi connectivity index (χ2n) is 7.17. The molecule has 1 aliphatic heterocycles. The highest BCUT2D eigenvalue weighted by atomic mass is 16.2. The predicted octanol–water partition coefficient (Wildman–Crippen LogP) is 3.73. The lowest BCUT2D eigenvalue weighted by Crippen LogP contribution is -2.50. The summed E-state index contributed by atoms with van der Waals surface area (Å²) in [7, 11) is 0. The number of hydrogen-bond donors (Lipinski definition) is 1. The third-order valence-electron chi connectivity index (χ3n) is 4.89. The molecule has 1 heterocycles. The summed E-state index contributed by atoms with van der Waals surface area (Å²) in [4.78, 5) is 27.2. The molecule has 1 aliphatic rings. The molecule has 4 heteroatoms. The van der Waals surface area contributed by atoms with E-state index in [4.69, 9.17) is 0 Å². The van der Waals surface area contributed by atoms with Crippen molar-refractivity contribution in [2.24, 2.45) is 5.92 Å². The fourth-order valence-corrected chi connectivity index (χ4v) is 3.32. The van der Waals surface area contributed by atoms with Crippen molar-refractivity contribution in [2.75, 3.05) is 13.1 Å². The van der Waals surface area contributed by atoms with E-state index in [0.717, 1.165) is 37.1 Å². The Morgan fingerprint density at radius 3 is 2.04 bits per heavy atom. The summed E-state index contributed by atoms with van der Waals surface area (Å²) in [6, 6.07) is 17.1. The standard InChI is InChI=1S/C22H26N2O2/c1-16(2)20(22(26)24-14-6-7-15-24)23-21(25)19-12-10-18(11-13-19)17-8-4-3-5-9-17/h3-5,8-13,16,20H,6-7,14-15H2,1-2H3,(H,23,25)/t20-/m1/s1. The van der Waals surface area contributed by atoms with Crippen molar-refractivity contribution < 1.29 is 9.59 Å². The van der Waals surface area contributed by atoms with Gasteiger partial charge in [0.1, 0.15) is 6.04 Å². The van der Waals surface area contributed by atoms with Crippen LogP contribution in [0.1, 0.15) is 37.0 Å². The van der Waals surface area contributed by atoms with Gasteiger partial charge < -0.3 is 10.2 Å². The Bertz CT molecular complexity index is 747. The second-order valence-corrected chi connectivity index (χ2v) is 7.17. The minimum atomic E-state index is -0.477. The molecule has 1 atom stereocenters. The Morgan fingerprint density at radius 1 is 0.885 bits per heavy atom. The molecule has 0 radical (unpaired) electrons. The number of nitrogens with one attached hydrogen (secondary N) is 1. The van der Waals surface area contributed by atoms with Crippen LogP contribution in [0.2, 0.25) is 0 Å². The molecule has 136 valence electrons. The summed E-state index contributed by atoms with van der Waals surface area (Å²) in [5.41, 5.74) is 2.75. The summed E-state index contributed by atoms with van der Waals surface area (Å²) in [5, 5.41) is 2.94. The zero-order valence-electron chi connectivity index (χ0n) is 15.4. The zero-order chi connectivity index (χ0) is 18.5. The predicted molar refractivity (Wildman–Crippen MR) is 104 cm³/mol. The first kappa shape index (κ1) is 18.2. The van der Waals surface area contributed by atoms with Gasteiger partial charge in [-0.15, -0.1) is 0 Å². The van der Waals surface area contributed by atoms with E-state index in [1.54, 1.807) is 0 Å². The molecule has 0 bridgehead atoms. The number of hydrogen-bond acceptors (Lipinski definition) is 2. The van der Waals surface area contributed by atoms with Gasteiger partial charge >= 0.3 is 0 Å². The quantitative estimate of drug-likeness (QED) is 0.893. The SMILES string of the molecule is CC(C)[C@@H](NC(=O)c1ccc(-c2ccccc2)cc1)C(=O)N1CCCC1. The molecule has 2 aromatic carbocycles. The third kappa shape index (κ3) is 4.13. The van der Waals surface area contributed by atoms with E-state index < -0.39 is 6.04 Å². The summed E-state index contributed by atoms with van der Waals surface area (Å²) in [5.74, 6) is -0.113. The third-order valence-corrected chi connectivity index (χ3v) is 4.89. The van der Waals surface area contributed by atoms with Gasteiger partial charge in [0.25, 0.3) is 5.91 Å². The molecular formula is C22H26N2O2. The zero-order valence-corrected chi connectivity index (χ0v) is 15.4. The van der Waals surface area contributed by atoms with Crippen molar-refractivity contribution in [3.63, 3.8) is 0 Å². The molecule has 1 saturated heterocycles. The molecule has 1 N–H and O–H groups in total. The van der Waals surface area contributed by atoms with E-state index in [1.165, 1.54) is 0 Å². The number of nitrogens with zero attached hydrogens (tertiary/aromatic N) is 1. The van der Waals surface area contributed by atoms with Crippen molar-refractivity contribution in [1.29, 1.82) is 0 Å². The normalized spacial score (nSPS) is 15.1. The van der Waals surface area contributed by atoms with Crippen molar-refractivity contribution in [2.45, 2.75) is 32.7 Å². The minimum Gasteiger partial charge on any atom is -0.341 e. The van der Waals surface area contributed by atoms with Gasteiger partial charge in [-0.3, -0.25) is 9.59 Å². The maximum atomic E-state index is 12.7. The average molecular weight is 350 g/mol. The first-order valence-corrected chi connectivity index (χ1v) is 9.31. The van der Waals surface area contributed by atoms with Gasteiger partial charge in [0, 0.05) is 18.7 Å². The van der Waals surface area contributed by atoms with Crippen molar-refractivity contribution in [1.82, 2.24) is 10.2 Å². The Labute approximate surface area is 155 Å². The number of carbonyl (C=O) groups is 2. The molecule has 0 saturated carbocycles. The smallest absolute Gasteiger partial charge is 0.251 e. The van der Waals surface area contributed by atoms with Gasteiger partial charge in [-0.05, 0) is 42.0 Å². The van der Waals surface area contributed by atoms with Crippen LogP contribution in [0.5, 0.6) is 0 Å². The van der Waals surface area contributed by atoms with Gasteiger partial charge in [-0.2, -0.15) is 0 Å². The minimum absolute atomic E-state index is 0.0340. The monoisotopic (exact) mass is 350 g/mol. The number of rotatable bonds is 5. The summed E-state index contributed by atoms with van der Waals surface area (Å²) < 4.78 is 0. The lowest BCUT2D eigenvalue weighted by atomic mass is 10.0. The lowest BCUT2D eigenvalue weighted by molar-refractivity contribution is -0.133. The van der Waals surface area contributed by atoms with Gasteiger partial charge in [0.05, 0.1) is 0 Å². The highest BCUT2D eigenvalue weighted by molar-refractivity contribution is 5.98. The van der Waals surface area contributed by atoms with Crippen LogP contribution in [0, 0.1) is 5.92 Å². The van der Waals surface area contributed by atoms with Gasteiger partial charge in [0.2, 0.25) is 5.91 Å². The molecule has 0 spiro atoms. The first-order valence-electron chi connectivity index (χ1n) is 9.31. The van der Waals surface area contributed by atoms with E-state index in [0.29, 0.717) is 5.56 Å². The van der Waals surface area contributed by atoms with E-state index >= 15 is 0 Å². The fourth-order valence-electron chi connectivity index (χ4n) is 3.32. The van der Waals surface area contributed by atoms with Crippen LogP contribution in [0.25, 0.3) is 11.1 Å². The van der Waals surface area contributed by atoms with Crippen LogP contribution in [-0.4, -0.2) is 35.8 Å². The van der Waals surface area contributed by atoms with Crippen LogP contribution in [0.3, 0.4) is 0 Å². The molecule has 2 amide bonds. The molecule has 0 unspecified atom stereocenters. The van der Waals surface area contributed by atoms with Gasteiger partial charge in [-0.1, -0.05) is 56.3 Å². The largest absolute Gasteiger partial charge is 0.341 e. The number of carbonyl (C=O) groups excluding carboxylic acids is 2. The molecule has 4 nitrogen and oxygen atoms in total. The summed E-state index contributed by atoms with van der Waals surface area (Å²) >= 11 is 0. The summed E-state index contributed by atoms with van der Waals surface area (Å²) in [6.07, 6.45) is 2.09. The topological polar surface area (TPSA) is 49.4 Å². The van der Waals surface area contributed by atoms with E-state index in [2.05, 4.69) is 5.32 Å². The number of likely N-dealkylation sites (tertiary alicyclic amines) is 1. The fraction of sp³-hybridized carbons (Fsp3) is 0.364. The number of amides is 2. The van der Waals surface area contributed by atoms with E-state index in [-0.39, 0.29) is 17.7 Å². The molecular weight excluding hydrogens is 324 g/mol. The molecule has 3 rings (SSSR count). The maximum Gasteiger partial charge on any atom is 0.251 e. The van der Waals surface area contributed by atoms with Crippen molar-refractivity contribution in [3.8, 4) is 11.1 Å². The van der Waals surface area contributed by atoms with E-state index in [9.17, 15) is 9.59 Å². The number of benzene rings is 2. The molecule has 1 fully saturated rings. The molecule has 0 aliphatic carbocycles. The van der Waals surface area contributed by atoms with Crippen molar-refractivity contribution >= 4 is 11.8 Å². The first-order chi connectivity index (χ1) is 12.6.